The Kier molecular flexibility index (Phi) is 8.09. The van der Waals surface area contributed by atoms with E-state index in [9.17, 15) is 32.3 Å². The smallest absolute Gasteiger partial charge is 0.336 e. The number of esters is 2. The Morgan fingerprint density at radius 2 is 1.47 bits per heavy atom. The van der Waals surface area contributed by atoms with Crippen LogP contribution in [0.4, 0.5) is 13.2 Å². The zero-order valence-electron chi connectivity index (χ0n) is 25.2. The lowest BCUT2D eigenvalue weighted by Crippen LogP contribution is -2.47. The number of benzene rings is 2. The van der Waals surface area contributed by atoms with Crippen molar-refractivity contribution in [2.45, 2.75) is 63.3 Å². The number of likely N-dealkylation sites (tertiary alicyclic amines) is 1. The fourth-order valence-electron chi connectivity index (χ4n) is 7.71. The third kappa shape index (κ3) is 5.91. The number of allylic oxidation sites excluding steroid dienone is 1. The number of imide groups is 1. The van der Waals surface area contributed by atoms with Gasteiger partial charge in [0, 0.05) is 42.9 Å². The van der Waals surface area contributed by atoms with Crippen molar-refractivity contribution in [2.24, 2.45) is 23.5 Å². The maximum atomic E-state index is 14.3. The van der Waals surface area contributed by atoms with Gasteiger partial charge in [0.15, 0.2) is 23.2 Å². The number of nitrogens with zero attached hydrogens (tertiary/aromatic N) is 2. The number of rotatable bonds is 7. The van der Waals surface area contributed by atoms with Crippen LogP contribution in [0, 0.1) is 35.2 Å². The molecule has 244 valence electrons. The van der Waals surface area contributed by atoms with Crippen LogP contribution in [0.15, 0.2) is 72.2 Å². The molecule has 5 atom stereocenters. The van der Waals surface area contributed by atoms with E-state index in [4.69, 9.17) is 15.2 Å². The predicted octanol–water partition coefficient (Wildman–Crippen LogP) is 3.96. The summed E-state index contributed by atoms with van der Waals surface area (Å²) in [4.78, 5) is 54.6. The molecule has 2 aromatic rings. The summed E-state index contributed by atoms with van der Waals surface area (Å²) in [5.41, 5.74) is 8.34. The molecule has 4 aliphatic heterocycles. The standard InChI is InChI=1S/C35H32F3N3O6/c36-25-15-27(38)26(37)13-20(25)14-28(39)21-11-22-4-5-23(12-21)40(22)16-18-2-1-3-19(10-18)17-41-34(44)24-6-7-29-33(32(24)35(41)45)47-31(43)9-8-30(42)46-29/h1-3,6-10,13,15,21-24,28,32H,4-5,11-12,14,16-17,39H2/b9-8-/t21?,22?,23?,24?,28-,32?/m1/s1. The first-order valence-electron chi connectivity index (χ1n) is 15.7. The van der Waals surface area contributed by atoms with E-state index in [1.807, 2.05) is 24.3 Å². The molecule has 5 aliphatic rings. The van der Waals surface area contributed by atoms with Gasteiger partial charge in [-0.3, -0.25) is 19.4 Å². The minimum atomic E-state index is -1.22. The highest BCUT2D eigenvalue weighted by Crippen LogP contribution is 2.42. The van der Waals surface area contributed by atoms with Crippen LogP contribution in [0.2, 0.25) is 0 Å². The van der Waals surface area contributed by atoms with Gasteiger partial charge in [-0.15, -0.1) is 0 Å². The molecule has 3 saturated heterocycles. The van der Waals surface area contributed by atoms with Crippen LogP contribution in [-0.2, 0) is 48.2 Å². The summed E-state index contributed by atoms with van der Waals surface area (Å²) in [5, 5.41) is 0. The van der Waals surface area contributed by atoms with Crippen molar-refractivity contribution >= 4 is 23.8 Å². The van der Waals surface area contributed by atoms with Gasteiger partial charge in [-0.2, -0.15) is 0 Å². The largest absolute Gasteiger partial charge is 0.423 e. The molecule has 4 unspecified atom stereocenters. The van der Waals surface area contributed by atoms with Crippen LogP contribution in [-0.4, -0.2) is 51.7 Å². The molecule has 12 heteroatoms. The number of hydrogen-bond donors (Lipinski definition) is 1. The van der Waals surface area contributed by atoms with Crippen LogP contribution in [0.1, 0.15) is 42.4 Å². The quantitative estimate of drug-likeness (QED) is 0.273. The first-order valence-corrected chi connectivity index (χ1v) is 15.7. The molecular weight excluding hydrogens is 615 g/mol. The lowest BCUT2D eigenvalue weighted by Gasteiger charge is -2.41. The van der Waals surface area contributed by atoms with Crippen molar-refractivity contribution in [2.75, 3.05) is 0 Å². The summed E-state index contributed by atoms with van der Waals surface area (Å²) in [5.74, 6) is -7.83. The lowest BCUT2D eigenvalue weighted by atomic mass is 9.82. The predicted molar refractivity (Wildman–Crippen MR) is 160 cm³/mol. The number of amides is 2. The van der Waals surface area contributed by atoms with Crippen molar-refractivity contribution in [3.63, 3.8) is 0 Å². The monoisotopic (exact) mass is 647 g/mol. The molecule has 0 radical (unpaired) electrons. The number of halogens is 3. The summed E-state index contributed by atoms with van der Waals surface area (Å²) < 4.78 is 52.0. The Bertz CT molecular complexity index is 1760. The molecule has 0 spiro atoms. The molecule has 0 saturated carbocycles. The second-order valence-electron chi connectivity index (χ2n) is 12.9. The number of hydrogen-bond acceptors (Lipinski definition) is 8. The molecule has 2 amide bonds. The highest BCUT2D eigenvalue weighted by molar-refractivity contribution is 6.08. The molecule has 9 nitrogen and oxygen atoms in total. The SMILES string of the molecule is N[C@H](Cc1cc(F)c(F)cc1F)C1CC2CCC(C1)N2Cc1cccc(CN2C(=O)C3C=CC4=C(OC(=O)/C=C\C(=O)O4)C3C2=O)c1. The number of ether oxygens (including phenoxy) is 2. The van der Waals surface area contributed by atoms with E-state index >= 15 is 0 Å². The second-order valence-corrected chi connectivity index (χ2v) is 12.9. The topological polar surface area (TPSA) is 119 Å². The first kappa shape index (κ1) is 31.1. The molecule has 2 aromatic carbocycles. The van der Waals surface area contributed by atoms with E-state index in [2.05, 4.69) is 4.90 Å². The van der Waals surface area contributed by atoms with Crippen molar-refractivity contribution < 1.29 is 41.8 Å². The van der Waals surface area contributed by atoms with Crippen molar-refractivity contribution in [1.82, 2.24) is 9.80 Å². The number of carbonyl (C=O) groups excluding carboxylic acids is 4. The summed E-state index contributed by atoms with van der Waals surface area (Å²) in [6.07, 6.45) is 8.44. The van der Waals surface area contributed by atoms with E-state index in [0.717, 1.165) is 59.9 Å². The third-order valence-corrected chi connectivity index (χ3v) is 9.97. The van der Waals surface area contributed by atoms with Gasteiger partial charge in [-0.25, -0.2) is 22.8 Å². The average molecular weight is 648 g/mol. The van der Waals surface area contributed by atoms with Crippen LogP contribution >= 0.6 is 0 Å². The van der Waals surface area contributed by atoms with Gasteiger partial charge in [-0.05, 0) is 66.9 Å². The summed E-state index contributed by atoms with van der Waals surface area (Å²) >= 11 is 0. The summed E-state index contributed by atoms with van der Waals surface area (Å²) in [6.45, 7) is 0.677. The van der Waals surface area contributed by atoms with Crippen molar-refractivity contribution in [3.8, 4) is 0 Å². The molecular formula is C35H32F3N3O6. The Morgan fingerprint density at radius 1 is 0.809 bits per heavy atom. The maximum absolute atomic E-state index is 14.3. The zero-order valence-corrected chi connectivity index (χ0v) is 25.2. The van der Waals surface area contributed by atoms with E-state index in [0.29, 0.717) is 12.6 Å². The van der Waals surface area contributed by atoms with E-state index in [-0.39, 0.29) is 48.0 Å². The zero-order chi connectivity index (χ0) is 33.0. The highest BCUT2D eigenvalue weighted by atomic mass is 19.2. The van der Waals surface area contributed by atoms with Gasteiger partial charge in [-0.1, -0.05) is 30.3 Å². The fraction of sp³-hybridized carbons (Fsp3) is 0.371. The number of fused-ring (bicyclic) bond motifs is 4. The van der Waals surface area contributed by atoms with Crippen LogP contribution in [0.25, 0.3) is 0 Å². The second kappa shape index (κ2) is 12.2. The fourth-order valence-corrected chi connectivity index (χ4v) is 7.71. The van der Waals surface area contributed by atoms with Gasteiger partial charge in [0.25, 0.3) is 0 Å². The highest BCUT2D eigenvalue weighted by Gasteiger charge is 2.52. The van der Waals surface area contributed by atoms with Crippen LogP contribution in [0.3, 0.4) is 0 Å². The lowest BCUT2D eigenvalue weighted by molar-refractivity contribution is -0.142. The minimum absolute atomic E-state index is 0.0208. The van der Waals surface area contributed by atoms with Crippen molar-refractivity contribution in [3.05, 3.63) is 106 Å². The molecule has 2 N–H and O–H groups in total. The molecule has 1 aliphatic carbocycles. The normalized spacial score (nSPS) is 28.4. The number of carbonyl (C=O) groups is 4. The summed E-state index contributed by atoms with van der Waals surface area (Å²) in [7, 11) is 0. The van der Waals surface area contributed by atoms with Crippen LogP contribution < -0.4 is 5.73 Å². The van der Waals surface area contributed by atoms with E-state index in [1.165, 1.54) is 12.2 Å². The Morgan fingerprint density at radius 3 is 2.19 bits per heavy atom. The van der Waals surface area contributed by atoms with Gasteiger partial charge in [0.05, 0.1) is 12.5 Å². The minimum Gasteiger partial charge on any atom is -0.423 e. The van der Waals surface area contributed by atoms with Gasteiger partial charge < -0.3 is 15.2 Å². The maximum Gasteiger partial charge on any atom is 0.336 e. The van der Waals surface area contributed by atoms with Gasteiger partial charge in [0.1, 0.15) is 11.7 Å². The van der Waals surface area contributed by atoms with Crippen molar-refractivity contribution in [1.29, 1.82) is 0 Å². The summed E-state index contributed by atoms with van der Waals surface area (Å²) in [6, 6.07) is 9.28. The molecule has 0 aromatic heterocycles. The molecule has 7 rings (SSSR count). The number of nitrogens with two attached hydrogens (primary N) is 1. The molecule has 3 fully saturated rings. The average Bonchev–Trinajstić information content (AvgIpc) is 3.39. The molecule has 4 heterocycles. The Balaban J connectivity index is 1.01. The van der Waals surface area contributed by atoms with Gasteiger partial charge in [0.2, 0.25) is 11.8 Å². The number of piperidine rings is 1. The molecule has 47 heavy (non-hydrogen) atoms. The first-order chi connectivity index (χ1) is 22.5. The van der Waals surface area contributed by atoms with E-state index in [1.54, 1.807) is 0 Å². The Hall–Kier alpha value is -4.55. The van der Waals surface area contributed by atoms with E-state index < -0.39 is 59.1 Å². The molecule has 2 bridgehead atoms. The van der Waals surface area contributed by atoms with Gasteiger partial charge >= 0.3 is 11.9 Å². The Labute approximate surface area is 268 Å². The third-order valence-electron chi connectivity index (χ3n) is 9.97. The van der Waals surface area contributed by atoms with Crippen LogP contribution in [0.5, 0.6) is 0 Å².